The molecule has 0 saturated heterocycles. The van der Waals surface area contributed by atoms with Gasteiger partial charge in [-0.15, -0.1) is 0 Å². The van der Waals surface area contributed by atoms with E-state index in [1.165, 1.54) is 12.7 Å². The number of esters is 1. The van der Waals surface area contributed by atoms with Gasteiger partial charge in [0.25, 0.3) is 0 Å². The van der Waals surface area contributed by atoms with Gasteiger partial charge < -0.3 is 4.74 Å². The molecule has 0 amide bonds. The van der Waals surface area contributed by atoms with Crippen LogP contribution in [0.15, 0.2) is 24.3 Å². The Kier molecular flexibility index (Phi) is 7.52. The predicted molar refractivity (Wildman–Crippen MR) is 102 cm³/mol. The molecular weight excluding hydrogens is 300 g/mol. The van der Waals surface area contributed by atoms with Crippen LogP contribution in [0.5, 0.6) is 0 Å². The lowest BCUT2D eigenvalue weighted by molar-refractivity contribution is -0.140. The summed E-state index contributed by atoms with van der Waals surface area (Å²) in [5, 5.41) is 1.60. The lowest BCUT2D eigenvalue weighted by atomic mass is 10.1. The first-order valence-electron chi connectivity index (χ1n) is 8.93. The molecule has 0 radical (unpaired) electrons. The fraction of sp³-hybridized carbons (Fsp3) is 0.650. The Bertz CT molecular complexity index is 484. The second kappa shape index (κ2) is 8.67. The van der Waals surface area contributed by atoms with E-state index in [0.717, 1.165) is 12.8 Å². The third-order valence-corrected chi connectivity index (χ3v) is 12.6. The molecule has 130 valence electrons. The van der Waals surface area contributed by atoms with E-state index in [-0.39, 0.29) is 5.97 Å². The highest BCUT2D eigenvalue weighted by molar-refractivity contribution is 6.95. The topological polar surface area (TPSA) is 26.3 Å². The number of ether oxygens (including phenoxy) is 1. The van der Waals surface area contributed by atoms with Gasteiger partial charge in [-0.2, -0.15) is 0 Å². The highest BCUT2D eigenvalue weighted by atomic mass is 28.3. The summed E-state index contributed by atoms with van der Waals surface area (Å²) in [6, 6.07) is 8.95. The van der Waals surface area contributed by atoms with Crippen LogP contribution in [0.1, 0.15) is 59.9 Å². The maximum absolute atomic E-state index is 11.4. The largest absolute Gasteiger partial charge is 0.469 e. The first-order chi connectivity index (χ1) is 10.8. The van der Waals surface area contributed by atoms with Gasteiger partial charge in [-0.25, -0.2) is 0 Å². The van der Waals surface area contributed by atoms with E-state index in [4.69, 9.17) is 4.74 Å². The van der Waals surface area contributed by atoms with Gasteiger partial charge in [-0.3, -0.25) is 4.79 Å². The van der Waals surface area contributed by atoms with Crippen molar-refractivity contribution < 1.29 is 9.53 Å². The molecule has 0 unspecified atom stereocenters. The maximum atomic E-state index is 11.4. The molecule has 0 atom stereocenters. The molecule has 1 aromatic rings. The molecule has 0 aliphatic rings. The van der Waals surface area contributed by atoms with Crippen LogP contribution in [0.2, 0.25) is 16.6 Å². The summed E-state index contributed by atoms with van der Waals surface area (Å²) in [6.45, 7) is 14.4. The Morgan fingerprint density at radius 1 is 1.00 bits per heavy atom. The number of carbonyl (C=O) groups excluding carboxylic acids is 1. The number of methoxy groups -OCH3 is 1. The number of hydrogen-bond acceptors (Lipinski definition) is 2. The van der Waals surface area contributed by atoms with Crippen LogP contribution < -0.4 is 5.19 Å². The van der Waals surface area contributed by atoms with Gasteiger partial charge in [-0.05, 0) is 35.0 Å². The van der Waals surface area contributed by atoms with Crippen molar-refractivity contribution in [2.24, 2.45) is 0 Å². The number of aryl methyl sites for hydroxylation is 1. The van der Waals surface area contributed by atoms with Crippen molar-refractivity contribution in [2.75, 3.05) is 7.11 Å². The average Bonchev–Trinajstić information content (AvgIpc) is 2.48. The summed E-state index contributed by atoms with van der Waals surface area (Å²) < 4.78 is 4.77. The minimum absolute atomic E-state index is 0.109. The van der Waals surface area contributed by atoms with Crippen molar-refractivity contribution in [3.8, 4) is 0 Å². The molecule has 0 N–H and O–H groups in total. The SMILES string of the molecule is COC(=O)CCCc1ccccc1[Si](C(C)C)(C(C)C)C(C)C. The van der Waals surface area contributed by atoms with Crippen molar-refractivity contribution in [3.05, 3.63) is 29.8 Å². The average molecular weight is 335 g/mol. The predicted octanol–water partition coefficient (Wildman–Crippen LogP) is 5.07. The highest BCUT2D eigenvalue weighted by Gasteiger charge is 2.45. The smallest absolute Gasteiger partial charge is 0.305 e. The fourth-order valence-electron chi connectivity index (χ4n) is 4.62. The standard InChI is InChI=1S/C20H34O2Si/c1-15(2)23(16(3)4,17(5)6)19-13-9-8-11-18(19)12-10-14-20(21)22-7/h8-9,11,13,15-17H,10,12,14H2,1-7H3. The quantitative estimate of drug-likeness (QED) is 0.490. The lowest BCUT2D eigenvalue weighted by Gasteiger charge is -2.44. The van der Waals surface area contributed by atoms with E-state index in [1.54, 1.807) is 5.19 Å². The van der Waals surface area contributed by atoms with Gasteiger partial charge in [-0.1, -0.05) is 71.0 Å². The normalized spacial score (nSPS) is 12.3. The Morgan fingerprint density at radius 2 is 1.52 bits per heavy atom. The van der Waals surface area contributed by atoms with E-state index in [0.29, 0.717) is 23.0 Å². The summed E-state index contributed by atoms with van der Waals surface area (Å²) in [5.41, 5.74) is 3.54. The molecule has 0 spiro atoms. The van der Waals surface area contributed by atoms with Gasteiger partial charge in [0.15, 0.2) is 0 Å². The van der Waals surface area contributed by atoms with Crippen LogP contribution in [0.3, 0.4) is 0 Å². The molecule has 3 heteroatoms. The fourth-order valence-corrected chi connectivity index (χ4v) is 11.6. The van der Waals surface area contributed by atoms with E-state index in [2.05, 4.69) is 65.8 Å². The zero-order valence-electron chi connectivity index (χ0n) is 16.0. The summed E-state index contributed by atoms with van der Waals surface area (Å²) in [4.78, 5) is 11.4. The molecular formula is C20H34O2Si. The first kappa shape index (κ1) is 20.0. The van der Waals surface area contributed by atoms with Gasteiger partial charge in [0.1, 0.15) is 0 Å². The first-order valence-corrected chi connectivity index (χ1v) is 11.2. The zero-order chi connectivity index (χ0) is 17.6. The molecule has 0 bridgehead atoms. The molecule has 1 aromatic carbocycles. The highest BCUT2D eigenvalue weighted by Crippen LogP contribution is 2.41. The van der Waals surface area contributed by atoms with Crippen molar-refractivity contribution in [3.63, 3.8) is 0 Å². The molecule has 2 nitrogen and oxygen atoms in total. The van der Waals surface area contributed by atoms with Crippen LogP contribution in [-0.4, -0.2) is 21.2 Å². The summed E-state index contributed by atoms with van der Waals surface area (Å²) in [5.74, 6) is -0.109. The molecule has 1 rings (SSSR count). The van der Waals surface area contributed by atoms with E-state index in [9.17, 15) is 4.79 Å². The van der Waals surface area contributed by atoms with Crippen molar-refractivity contribution in [1.82, 2.24) is 0 Å². The molecule has 0 aliphatic heterocycles. The second-order valence-electron chi connectivity index (χ2n) is 7.48. The van der Waals surface area contributed by atoms with Gasteiger partial charge in [0.05, 0.1) is 15.2 Å². The number of hydrogen-bond donors (Lipinski definition) is 0. The number of carbonyl (C=O) groups is 1. The van der Waals surface area contributed by atoms with Crippen molar-refractivity contribution >= 4 is 19.2 Å². The van der Waals surface area contributed by atoms with Crippen molar-refractivity contribution in [1.29, 1.82) is 0 Å². The van der Waals surface area contributed by atoms with E-state index >= 15 is 0 Å². The van der Waals surface area contributed by atoms with Gasteiger partial charge in [0, 0.05) is 6.42 Å². The molecule has 0 fully saturated rings. The second-order valence-corrected chi connectivity index (χ2v) is 13.4. The number of benzene rings is 1. The Labute approximate surface area is 143 Å². The van der Waals surface area contributed by atoms with Crippen LogP contribution in [0, 0.1) is 0 Å². The minimum Gasteiger partial charge on any atom is -0.469 e. The van der Waals surface area contributed by atoms with E-state index < -0.39 is 8.07 Å². The van der Waals surface area contributed by atoms with Crippen LogP contribution >= 0.6 is 0 Å². The van der Waals surface area contributed by atoms with Crippen LogP contribution in [0.25, 0.3) is 0 Å². The molecule has 0 heterocycles. The molecule has 0 aliphatic carbocycles. The molecule has 23 heavy (non-hydrogen) atoms. The zero-order valence-corrected chi connectivity index (χ0v) is 17.0. The Hall–Kier alpha value is -1.09. The number of rotatable bonds is 8. The molecule has 0 saturated carbocycles. The lowest BCUT2D eigenvalue weighted by Crippen LogP contribution is -2.56. The third-order valence-electron chi connectivity index (χ3n) is 5.40. The van der Waals surface area contributed by atoms with Crippen LogP contribution in [-0.2, 0) is 16.0 Å². The monoisotopic (exact) mass is 334 g/mol. The van der Waals surface area contributed by atoms with Gasteiger partial charge in [0.2, 0.25) is 0 Å². The Morgan fingerprint density at radius 3 is 2.00 bits per heavy atom. The maximum Gasteiger partial charge on any atom is 0.305 e. The van der Waals surface area contributed by atoms with Gasteiger partial charge >= 0.3 is 5.97 Å². The minimum atomic E-state index is -1.65. The summed E-state index contributed by atoms with van der Waals surface area (Å²) in [7, 11) is -0.187. The Balaban J connectivity index is 3.21. The van der Waals surface area contributed by atoms with Crippen molar-refractivity contribution in [2.45, 2.75) is 77.4 Å². The van der Waals surface area contributed by atoms with Crippen LogP contribution in [0.4, 0.5) is 0 Å². The van der Waals surface area contributed by atoms with E-state index in [1.807, 2.05) is 0 Å². The third kappa shape index (κ3) is 4.26. The summed E-state index contributed by atoms with van der Waals surface area (Å²) >= 11 is 0. The molecule has 0 aromatic heterocycles. The summed E-state index contributed by atoms with van der Waals surface area (Å²) in [6.07, 6.45) is 2.33.